The fourth-order valence-electron chi connectivity index (χ4n) is 4.13. The zero-order valence-electron chi connectivity index (χ0n) is 20.6. The number of rotatable bonds is 6. The predicted molar refractivity (Wildman–Crippen MR) is 139 cm³/mol. The number of carbonyl (C=O) groups excluding carboxylic acids is 3. The van der Waals surface area contributed by atoms with Crippen molar-refractivity contribution < 1.29 is 23.9 Å². The molecule has 13 heteroatoms. The molecule has 0 aliphatic carbocycles. The smallest absolute Gasteiger partial charge is 0.410 e. The van der Waals surface area contributed by atoms with E-state index in [-0.39, 0.29) is 36.6 Å². The van der Waals surface area contributed by atoms with Crippen molar-refractivity contribution in [3.63, 3.8) is 0 Å². The molecular formula is C23H30ClN5O5S2. The van der Waals surface area contributed by atoms with Crippen LogP contribution in [0, 0.1) is 0 Å². The summed E-state index contributed by atoms with van der Waals surface area (Å²) in [7, 11) is 1.59. The zero-order valence-corrected chi connectivity index (χ0v) is 23.0. The lowest BCUT2D eigenvalue weighted by Gasteiger charge is -2.29. The lowest BCUT2D eigenvalue weighted by Crippen LogP contribution is -2.43. The molecule has 1 fully saturated rings. The number of hydrogen-bond donors (Lipinski definition) is 2. The van der Waals surface area contributed by atoms with Crippen LogP contribution >= 0.6 is 34.3 Å². The van der Waals surface area contributed by atoms with Crippen molar-refractivity contribution in [2.45, 2.75) is 51.5 Å². The fraction of sp³-hybridized carbons (Fsp3) is 0.565. The first-order valence-electron chi connectivity index (χ1n) is 11.6. The summed E-state index contributed by atoms with van der Waals surface area (Å²) in [5, 5.41) is 6.37. The van der Waals surface area contributed by atoms with Crippen molar-refractivity contribution in [2.24, 2.45) is 0 Å². The molecule has 2 aromatic heterocycles. The number of amides is 3. The van der Waals surface area contributed by atoms with E-state index in [2.05, 4.69) is 15.6 Å². The lowest BCUT2D eigenvalue weighted by atomic mass is 10.2. The fourth-order valence-corrected chi connectivity index (χ4v) is 6.11. The van der Waals surface area contributed by atoms with Crippen LogP contribution in [0.4, 0.5) is 9.93 Å². The molecule has 4 rings (SSSR count). The van der Waals surface area contributed by atoms with E-state index in [9.17, 15) is 14.4 Å². The molecule has 0 aromatic carbocycles. The van der Waals surface area contributed by atoms with Gasteiger partial charge in [0.1, 0.15) is 5.60 Å². The Bertz CT molecular complexity index is 1130. The van der Waals surface area contributed by atoms with Gasteiger partial charge in [-0.05, 0) is 32.9 Å². The Labute approximate surface area is 222 Å². The van der Waals surface area contributed by atoms with Crippen LogP contribution in [-0.2, 0) is 27.2 Å². The summed E-state index contributed by atoms with van der Waals surface area (Å²) in [6, 6.07) is 3.12. The van der Waals surface area contributed by atoms with Gasteiger partial charge in [0.2, 0.25) is 5.91 Å². The number of hydrogen-bond acceptors (Lipinski definition) is 9. The first kappa shape index (κ1) is 26.8. The number of likely N-dealkylation sites (tertiary alicyclic amines) is 1. The molecule has 0 spiro atoms. The molecule has 0 bridgehead atoms. The number of fused-ring (bicyclic) bond motifs is 1. The van der Waals surface area contributed by atoms with Crippen molar-refractivity contribution in [3.05, 3.63) is 31.9 Å². The molecule has 196 valence electrons. The standard InChI is InChI=1S/C23H30ClN5O5S2/c1-23(2,3)34-22(32)29-8-7-13-17(11-29)36-21(26-13)27-19(30)12-28-9-14(15(10-28)33-4)25-20(31)16-5-6-18(24)35-16/h5-6,14-15H,7-12H2,1-4H3,(H,25,31)(H,26,27,30)/t14-,15-/m0/s1. The SMILES string of the molecule is CO[C@H]1CN(CC(=O)Nc2nc3c(s2)CN(C(=O)OC(C)(C)C)CC3)C[C@@H]1NC(=O)c1ccc(Cl)s1. The summed E-state index contributed by atoms with van der Waals surface area (Å²) in [5.41, 5.74) is 0.341. The van der Waals surface area contributed by atoms with Gasteiger partial charge in [-0.2, -0.15) is 0 Å². The van der Waals surface area contributed by atoms with Gasteiger partial charge in [-0.1, -0.05) is 22.9 Å². The van der Waals surface area contributed by atoms with Crippen LogP contribution in [0.2, 0.25) is 4.34 Å². The molecule has 2 aliphatic heterocycles. The first-order valence-corrected chi connectivity index (χ1v) is 13.6. The monoisotopic (exact) mass is 555 g/mol. The van der Waals surface area contributed by atoms with E-state index >= 15 is 0 Å². The molecule has 4 heterocycles. The van der Waals surface area contributed by atoms with Gasteiger partial charge in [0, 0.05) is 38.0 Å². The van der Waals surface area contributed by atoms with E-state index in [0.717, 1.165) is 10.6 Å². The van der Waals surface area contributed by atoms with Gasteiger partial charge in [0.15, 0.2) is 5.13 Å². The second kappa shape index (κ2) is 11.0. The highest BCUT2D eigenvalue weighted by Gasteiger charge is 2.35. The molecule has 0 unspecified atom stereocenters. The number of ether oxygens (including phenoxy) is 2. The lowest BCUT2D eigenvalue weighted by molar-refractivity contribution is -0.117. The molecule has 2 N–H and O–H groups in total. The largest absolute Gasteiger partial charge is 0.444 e. The van der Waals surface area contributed by atoms with Crippen LogP contribution in [0.15, 0.2) is 12.1 Å². The predicted octanol–water partition coefficient (Wildman–Crippen LogP) is 3.22. The minimum absolute atomic E-state index is 0.144. The third-order valence-corrected chi connectivity index (χ3v) is 7.98. The quantitative estimate of drug-likeness (QED) is 0.562. The normalized spacial score (nSPS) is 20.2. The van der Waals surface area contributed by atoms with Gasteiger partial charge in [-0.3, -0.25) is 14.5 Å². The van der Waals surface area contributed by atoms with Gasteiger partial charge in [-0.15, -0.1) is 11.3 Å². The third kappa shape index (κ3) is 6.74. The highest BCUT2D eigenvalue weighted by Crippen LogP contribution is 2.29. The second-order valence-corrected chi connectivity index (χ2v) is 12.5. The maximum Gasteiger partial charge on any atom is 0.410 e. The van der Waals surface area contributed by atoms with Crippen LogP contribution in [-0.4, -0.2) is 83.7 Å². The summed E-state index contributed by atoms with van der Waals surface area (Å²) in [6.07, 6.45) is 0.0280. The molecule has 2 aliphatic rings. The second-order valence-electron chi connectivity index (χ2n) is 9.74. The Morgan fingerprint density at radius 2 is 2.00 bits per heavy atom. The van der Waals surface area contributed by atoms with E-state index in [4.69, 9.17) is 21.1 Å². The number of nitrogens with one attached hydrogen (secondary N) is 2. The van der Waals surface area contributed by atoms with E-state index in [1.807, 2.05) is 25.7 Å². The maximum absolute atomic E-state index is 12.7. The van der Waals surface area contributed by atoms with Crippen molar-refractivity contribution >= 4 is 57.3 Å². The van der Waals surface area contributed by atoms with E-state index < -0.39 is 5.60 Å². The summed E-state index contributed by atoms with van der Waals surface area (Å²) in [6.45, 7) is 7.59. The number of carbonyl (C=O) groups is 3. The minimum Gasteiger partial charge on any atom is -0.444 e. The topological polar surface area (TPSA) is 113 Å². The van der Waals surface area contributed by atoms with Crippen molar-refractivity contribution in [3.8, 4) is 0 Å². The Kier molecular flexibility index (Phi) is 8.20. The number of nitrogens with zero attached hydrogens (tertiary/aromatic N) is 3. The van der Waals surface area contributed by atoms with Gasteiger partial charge >= 0.3 is 6.09 Å². The van der Waals surface area contributed by atoms with Gasteiger partial charge in [0.25, 0.3) is 5.91 Å². The molecule has 3 amide bonds. The van der Waals surface area contributed by atoms with E-state index in [1.165, 1.54) is 22.7 Å². The van der Waals surface area contributed by atoms with Crippen LogP contribution in [0.3, 0.4) is 0 Å². The molecule has 2 atom stereocenters. The minimum atomic E-state index is -0.554. The number of thiazole rings is 1. The molecule has 1 saturated heterocycles. The average molecular weight is 556 g/mol. The van der Waals surface area contributed by atoms with Gasteiger partial charge in [0.05, 0.1) is 40.1 Å². The highest BCUT2D eigenvalue weighted by molar-refractivity contribution is 7.18. The number of halogens is 1. The number of aromatic nitrogens is 1. The van der Waals surface area contributed by atoms with Crippen LogP contribution in [0.25, 0.3) is 0 Å². The molecule has 2 aromatic rings. The van der Waals surface area contributed by atoms with E-state index in [0.29, 0.717) is 46.9 Å². The summed E-state index contributed by atoms with van der Waals surface area (Å²) < 4.78 is 11.6. The van der Waals surface area contributed by atoms with Crippen molar-refractivity contribution in [1.29, 1.82) is 0 Å². The molecule has 0 saturated carbocycles. The number of anilines is 1. The molecule has 0 radical (unpaired) electrons. The molecule has 36 heavy (non-hydrogen) atoms. The molecular weight excluding hydrogens is 526 g/mol. The Morgan fingerprint density at radius 1 is 1.22 bits per heavy atom. The zero-order chi connectivity index (χ0) is 26.0. The summed E-state index contributed by atoms with van der Waals surface area (Å²) in [4.78, 5) is 47.3. The number of thiophene rings is 1. The third-order valence-electron chi connectivity index (χ3n) is 5.75. The van der Waals surface area contributed by atoms with Gasteiger partial charge in [-0.25, -0.2) is 9.78 Å². The van der Waals surface area contributed by atoms with Gasteiger partial charge < -0.3 is 25.0 Å². The Hall–Kier alpha value is -2.25. The van der Waals surface area contributed by atoms with Crippen molar-refractivity contribution in [1.82, 2.24) is 20.1 Å². The summed E-state index contributed by atoms with van der Waals surface area (Å²) >= 11 is 8.52. The summed E-state index contributed by atoms with van der Waals surface area (Å²) in [5.74, 6) is -0.406. The van der Waals surface area contributed by atoms with E-state index in [1.54, 1.807) is 24.1 Å². The Balaban J connectivity index is 1.29. The van der Waals surface area contributed by atoms with Crippen LogP contribution < -0.4 is 10.6 Å². The Morgan fingerprint density at radius 3 is 2.67 bits per heavy atom. The number of methoxy groups -OCH3 is 1. The van der Waals surface area contributed by atoms with Crippen molar-refractivity contribution in [2.75, 3.05) is 38.6 Å². The van der Waals surface area contributed by atoms with Crippen LogP contribution in [0.5, 0.6) is 0 Å². The van der Waals surface area contributed by atoms with Crippen LogP contribution in [0.1, 0.15) is 41.0 Å². The highest BCUT2D eigenvalue weighted by atomic mass is 35.5. The molecule has 10 nitrogen and oxygen atoms in total. The maximum atomic E-state index is 12.7. The average Bonchev–Trinajstić information content (AvgIpc) is 3.49. The first-order chi connectivity index (χ1) is 17.0.